The van der Waals surface area contributed by atoms with Crippen LogP contribution in [0.5, 0.6) is 0 Å². The largest absolute Gasteiger partial charge is 3.00 e. The molecule has 5 heteroatoms. The van der Waals surface area contributed by atoms with Crippen LogP contribution in [0.25, 0.3) is 0 Å². The second kappa shape index (κ2) is 32.9. The Morgan fingerprint density at radius 1 is 0.800 bits per heavy atom. The molecule has 24 valence electrons. The Bertz CT molecular complexity index is 9.61. The van der Waals surface area contributed by atoms with E-state index in [1.165, 1.54) is 0 Å². The molecule has 0 fully saturated rings. The summed E-state index contributed by atoms with van der Waals surface area (Å²) in [5.41, 5.74) is 0. The summed E-state index contributed by atoms with van der Waals surface area (Å²) in [6, 6.07) is 0. The smallest absolute Gasteiger partial charge is 2.00 e. The summed E-state index contributed by atoms with van der Waals surface area (Å²) in [4.78, 5) is 0. The van der Waals surface area contributed by atoms with Crippen LogP contribution in [0.2, 0.25) is 0 Å². The minimum absolute atomic E-state index is 0. The van der Waals surface area contributed by atoms with E-state index in [1.54, 1.807) is 0 Å². The van der Waals surface area contributed by atoms with Crippen LogP contribution < -0.4 is 18.9 Å². The van der Waals surface area contributed by atoms with Gasteiger partial charge in [-0.05, 0) is 0 Å². The van der Waals surface area contributed by atoms with Crippen molar-refractivity contribution in [2.75, 3.05) is 0 Å². The van der Waals surface area contributed by atoms with Crippen LogP contribution in [0.1, 0.15) is 0 Å². The molecule has 0 heterocycles. The molecule has 0 bridgehead atoms. The zero-order chi connectivity index (χ0) is 0. The maximum atomic E-state index is 0. The Balaban J connectivity index is 0. The van der Waals surface area contributed by atoms with Gasteiger partial charge in [0.1, 0.15) is 0 Å². The third-order valence-corrected chi connectivity index (χ3v) is 0. The second-order valence-corrected chi connectivity index (χ2v) is 0. The molecule has 0 atom stereocenters. The van der Waals surface area contributed by atoms with Crippen LogP contribution in [-0.4, -0.2) is 17.4 Å². The van der Waals surface area contributed by atoms with Crippen molar-refractivity contribution in [2.45, 2.75) is 0 Å². The van der Waals surface area contributed by atoms with E-state index < -0.39 is 0 Å². The van der Waals surface area contributed by atoms with Gasteiger partial charge in [-0.15, -0.1) is 0 Å². The number of hydrogen-bond donors (Lipinski definition) is 0. The van der Waals surface area contributed by atoms with Crippen LogP contribution in [0.4, 0.5) is 0 Å². The van der Waals surface area contributed by atoms with Crippen LogP contribution in [0.15, 0.2) is 0 Å². The van der Waals surface area contributed by atoms with E-state index in [0.717, 1.165) is 0 Å². The van der Waals surface area contributed by atoms with E-state index in [-0.39, 0.29) is 80.3 Å². The molecule has 0 rings (SSSR count). The van der Waals surface area contributed by atoms with E-state index in [1.807, 2.05) is 0 Å². The molecular weight excluding hydrogens is 154 g/mol. The van der Waals surface area contributed by atoms with Gasteiger partial charge in [0.05, 0.1) is 0 Å². The summed E-state index contributed by atoms with van der Waals surface area (Å²) in [6.45, 7) is 0. The van der Waals surface area contributed by atoms with Crippen LogP contribution in [0, 0.1) is 0 Å². The van der Waals surface area contributed by atoms with E-state index in [2.05, 4.69) is 0 Å². The van der Waals surface area contributed by atoms with Gasteiger partial charge in [0.15, 0.2) is 0 Å². The van der Waals surface area contributed by atoms with Crippen LogP contribution in [-0.2, 0) is 44.1 Å². The van der Waals surface area contributed by atoms with Gasteiger partial charge in [0.2, 0.25) is 0 Å². The molecule has 0 aromatic rings. The average Bonchev–Trinajstić information content (AvgIpc) is 0. The molecule has 0 aromatic heterocycles. The van der Waals surface area contributed by atoms with E-state index in [0.29, 0.717) is 0 Å². The van der Waals surface area contributed by atoms with Crippen molar-refractivity contribution >= 4 is 44.4 Å². The molecular formula is AlFeLiS2. The van der Waals surface area contributed by atoms with Crippen molar-refractivity contribution in [1.29, 1.82) is 0 Å². The van der Waals surface area contributed by atoms with E-state index >= 15 is 0 Å². The molecule has 0 aromatic carbocycles. The van der Waals surface area contributed by atoms with Gasteiger partial charge in [-0.1, -0.05) is 0 Å². The average molecular weight is 154 g/mol. The third kappa shape index (κ3) is 21.8. The van der Waals surface area contributed by atoms with E-state index in [4.69, 9.17) is 0 Å². The number of rotatable bonds is 0. The minimum Gasteiger partial charge on any atom is -2.00 e. The van der Waals surface area contributed by atoms with Crippen molar-refractivity contribution in [3.8, 4) is 0 Å². The first kappa shape index (κ1) is 53.7. The molecule has 0 unspecified atom stereocenters. The molecule has 0 nitrogen and oxygen atoms in total. The normalized spacial score (nSPS) is 0. The maximum Gasteiger partial charge on any atom is 3.00 e. The van der Waals surface area contributed by atoms with E-state index in [9.17, 15) is 0 Å². The Morgan fingerprint density at radius 3 is 0.800 bits per heavy atom. The van der Waals surface area contributed by atoms with Gasteiger partial charge in [0.25, 0.3) is 0 Å². The van der Waals surface area contributed by atoms with Gasteiger partial charge >= 0.3 is 35.9 Å². The predicted molar refractivity (Wildman–Crippen MR) is 20.5 cm³/mol. The SMILES string of the molecule is [Al].[Fe+3].[Li+].[S-2].[S-2]. The van der Waals surface area contributed by atoms with Crippen molar-refractivity contribution in [2.24, 2.45) is 0 Å². The molecule has 0 saturated heterocycles. The van der Waals surface area contributed by atoms with Crippen LogP contribution >= 0.6 is 0 Å². The fourth-order valence-corrected chi connectivity index (χ4v) is 0. The quantitative estimate of drug-likeness (QED) is 0.319. The molecule has 4 radical (unpaired) electrons. The van der Waals surface area contributed by atoms with Gasteiger partial charge < -0.3 is 27.0 Å². The summed E-state index contributed by atoms with van der Waals surface area (Å²) >= 11 is 0. The Morgan fingerprint density at radius 2 is 0.800 bits per heavy atom. The third-order valence-electron chi connectivity index (χ3n) is 0. The Hall–Kier alpha value is 2.35. The first-order valence-corrected chi connectivity index (χ1v) is 0. The van der Waals surface area contributed by atoms with Gasteiger partial charge in [0, 0.05) is 17.4 Å². The zero-order valence-electron chi connectivity index (χ0n) is 2.75. The van der Waals surface area contributed by atoms with Gasteiger partial charge in [-0.3, -0.25) is 0 Å². The monoisotopic (exact) mass is 154 g/mol. The zero-order valence-corrected chi connectivity index (χ0v) is 6.64. The molecule has 0 aliphatic carbocycles. The molecule has 0 saturated carbocycles. The minimum atomic E-state index is 0. The number of hydrogen-bond acceptors (Lipinski definition) is 0. The summed E-state index contributed by atoms with van der Waals surface area (Å²) < 4.78 is 0. The van der Waals surface area contributed by atoms with Crippen LogP contribution in [0.3, 0.4) is 0 Å². The summed E-state index contributed by atoms with van der Waals surface area (Å²) in [7, 11) is 0. The predicted octanol–water partition coefficient (Wildman–Crippen LogP) is -3.38. The van der Waals surface area contributed by atoms with Gasteiger partial charge in [-0.2, -0.15) is 0 Å². The molecule has 0 amide bonds. The second-order valence-electron chi connectivity index (χ2n) is 0. The van der Waals surface area contributed by atoms with Crippen molar-refractivity contribution in [3.05, 3.63) is 0 Å². The van der Waals surface area contributed by atoms with Crippen molar-refractivity contribution in [1.82, 2.24) is 0 Å². The first-order valence-electron chi connectivity index (χ1n) is 0. The molecule has 0 aliphatic heterocycles. The summed E-state index contributed by atoms with van der Waals surface area (Å²) in [5.74, 6) is 0. The topological polar surface area (TPSA) is 0 Å². The maximum absolute atomic E-state index is 0. The fraction of sp³-hybridized carbons (Fsp3) is 0. The Kier molecular flexibility index (Phi) is 353. The molecule has 5 heavy (non-hydrogen) atoms. The van der Waals surface area contributed by atoms with Crippen molar-refractivity contribution in [3.63, 3.8) is 0 Å². The Labute approximate surface area is 79.5 Å². The van der Waals surface area contributed by atoms with Gasteiger partial charge in [-0.25, -0.2) is 0 Å². The fourth-order valence-electron chi connectivity index (χ4n) is 0. The molecule has 0 spiro atoms. The summed E-state index contributed by atoms with van der Waals surface area (Å²) in [6.07, 6.45) is 0. The standard InChI is InChI=1S/Al.Fe.Li.2S/q;+3;+1;2*-2. The molecule has 0 N–H and O–H groups in total. The summed E-state index contributed by atoms with van der Waals surface area (Å²) in [5, 5.41) is 0. The first-order chi connectivity index (χ1) is 0. The molecule has 0 aliphatic rings. The van der Waals surface area contributed by atoms with Crippen molar-refractivity contribution < 1.29 is 35.9 Å².